The molecule has 0 bridgehead atoms. The van der Waals surface area contributed by atoms with E-state index in [2.05, 4.69) is 15.5 Å². The van der Waals surface area contributed by atoms with Gasteiger partial charge in [-0.3, -0.25) is 4.79 Å². The van der Waals surface area contributed by atoms with Crippen LogP contribution in [0, 0.1) is 6.92 Å². The Morgan fingerprint density at radius 1 is 1.31 bits per heavy atom. The van der Waals surface area contributed by atoms with Crippen LogP contribution < -0.4 is 10.1 Å². The topological polar surface area (TPSA) is 90.4 Å². The van der Waals surface area contributed by atoms with E-state index in [4.69, 9.17) is 13.6 Å². The molecule has 0 saturated carbocycles. The first-order valence-corrected chi connectivity index (χ1v) is 9.03. The number of para-hydroxylation sites is 2. The van der Waals surface area contributed by atoms with Gasteiger partial charge in [-0.25, -0.2) is 0 Å². The second-order valence-electron chi connectivity index (χ2n) is 5.44. The number of carbonyl (C=O) groups excluding carboxylic acids is 1. The summed E-state index contributed by atoms with van der Waals surface area (Å²) in [7, 11) is 0. The van der Waals surface area contributed by atoms with E-state index in [0.717, 1.165) is 5.56 Å². The molecule has 0 radical (unpaired) electrons. The van der Waals surface area contributed by atoms with Gasteiger partial charge < -0.3 is 18.9 Å². The van der Waals surface area contributed by atoms with E-state index in [9.17, 15) is 4.79 Å². The molecule has 8 heteroatoms. The van der Waals surface area contributed by atoms with Gasteiger partial charge in [-0.1, -0.05) is 23.9 Å². The van der Waals surface area contributed by atoms with Crippen LogP contribution >= 0.6 is 11.8 Å². The Hall–Kier alpha value is -2.74. The summed E-state index contributed by atoms with van der Waals surface area (Å²) in [4.78, 5) is 12.5. The van der Waals surface area contributed by atoms with E-state index in [0.29, 0.717) is 34.9 Å². The van der Waals surface area contributed by atoms with Crippen LogP contribution in [0.2, 0.25) is 0 Å². The molecule has 0 saturated heterocycles. The Balaban J connectivity index is 1.65. The molecule has 0 aliphatic heterocycles. The lowest BCUT2D eigenvalue weighted by Gasteiger charge is -2.13. The van der Waals surface area contributed by atoms with Crippen molar-refractivity contribution in [3.63, 3.8) is 0 Å². The number of furan rings is 1. The summed E-state index contributed by atoms with van der Waals surface area (Å²) in [5.74, 6) is 1.52. The first kappa shape index (κ1) is 18.1. The molecule has 1 unspecified atom stereocenters. The van der Waals surface area contributed by atoms with E-state index in [1.54, 1.807) is 25.3 Å². The average Bonchev–Trinajstić information content (AvgIpc) is 3.25. The van der Waals surface area contributed by atoms with E-state index in [1.165, 1.54) is 11.8 Å². The fourth-order valence-corrected chi connectivity index (χ4v) is 2.95. The summed E-state index contributed by atoms with van der Waals surface area (Å²) in [6, 6.07) is 9.07. The van der Waals surface area contributed by atoms with Gasteiger partial charge in [0, 0.05) is 0 Å². The summed E-state index contributed by atoms with van der Waals surface area (Å²) in [6.45, 7) is 6.01. The van der Waals surface area contributed by atoms with E-state index < -0.39 is 5.25 Å². The molecule has 0 spiro atoms. The minimum Gasteiger partial charge on any atom is -0.492 e. The molecule has 0 aliphatic rings. The number of thioether (sulfide) groups is 1. The molecule has 3 aromatic rings. The Labute approximate surface area is 155 Å². The van der Waals surface area contributed by atoms with Gasteiger partial charge in [0.1, 0.15) is 11.5 Å². The van der Waals surface area contributed by atoms with Crippen LogP contribution in [0.15, 0.2) is 50.7 Å². The van der Waals surface area contributed by atoms with E-state index in [1.807, 2.05) is 32.0 Å². The smallest absolute Gasteiger partial charge is 0.277 e. The number of hydrogen-bond acceptors (Lipinski definition) is 7. The Morgan fingerprint density at radius 2 is 2.12 bits per heavy atom. The van der Waals surface area contributed by atoms with Crippen molar-refractivity contribution in [2.75, 3.05) is 11.9 Å². The second kappa shape index (κ2) is 8.09. The first-order valence-electron chi connectivity index (χ1n) is 8.15. The minimum atomic E-state index is -0.427. The molecule has 1 atom stereocenters. The summed E-state index contributed by atoms with van der Waals surface area (Å²) in [5.41, 5.74) is 1.37. The Bertz CT molecular complexity index is 890. The second-order valence-corrected chi connectivity index (χ2v) is 6.73. The number of hydrogen-bond donors (Lipinski definition) is 1. The molecule has 0 fully saturated rings. The van der Waals surface area contributed by atoms with Gasteiger partial charge in [0.15, 0.2) is 0 Å². The molecule has 2 heterocycles. The Morgan fingerprint density at radius 3 is 2.85 bits per heavy atom. The molecule has 1 aromatic carbocycles. The van der Waals surface area contributed by atoms with Crippen LogP contribution in [-0.2, 0) is 4.79 Å². The number of aromatic nitrogens is 2. The van der Waals surface area contributed by atoms with Crippen molar-refractivity contribution >= 4 is 23.4 Å². The zero-order chi connectivity index (χ0) is 18.5. The van der Waals surface area contributed by atoms with Crippen LogP contribution in [0.1, 0.15) is 19.6 Å². The third-order valence-corrected chi connectivity index (χ3v) is 4.52. The average molecular weight is 373 g/mol. The van der Waals surface area contributed by atoms with Gasteiger partial charge in [0.05, 0.1) is 29.4 Å². The van der Waals surface area contributed by atoms with Crippen molar-refractivity contribution in [2.24, 2.45) is 0 Å². The van der Waals surface area contributed by atoms with Gasteiger partial charge in [0.25, 0.3) is 11.1 Å². The highest BCUT2D eigenvalue weighted by molar-refractivity contribution is 8.00. The van der Waals surface area contributed by atoms with Crippen LogP contribution in [-0.4, -0.2) is 28.0 Å². The zero-order valence-corrected chi connectivity index (χ0v) is 15.5. The van der Waals surface area contributed by atoms with Crippen LogP contribution in [0.25, 0.3) is 11.5 Å². The largest absolute Gasteiger partial charge is 0.492 e. The molecule has 2 aromatic heterocycles. The highest BCUT2D eigenvalue weighted by atomic mass is 32.2. The Kier molecular flexibility index (Phi) is 5.62. The fourth-order valence-electron chi connectivity index (χ4n) is 2.26. The van der Waals surface area contributed by atoms with Crippen molar-refractivity contribution < 1.29 is 18.4 Å². The molecule has 136 valence electrons. The van der Waals surface area contributed by atoms with Crippen molar-refractivity contribution in [3.8, 4) is 17.2 Å². The van der Waals surface area contributed by atoms with Crippen molar-refractivity contribution in [3.05, 3.63) is 42.4 Å². The highest BCUT2D eigenvalue weighted by Crippen LogP contribution is 2.29. The number of anilines is 1. The SMILES string of the molecule is CCOc1ccccc1NC(=O)C(C)Sc1nnc(-c2ccoc2C)o1. The van der Waals surface area contributed by atoms with E-state index in [-0.39, 0.29) is 5.91 Å². The zero-order valence-electron chi connectivity index (χ0n) is 14.7. The monoisotopic (exact) mass is 373 g/mol. The first-order chi connectivity index (χ1) is 12.6. The fraction of sp³-hybridized carbons (Fsp3) is 0.278. The molecular formula is C18H19N3O4S. The molecule has 3 rings (SSSR count). The lowest BCUT2D eigenvalue weighted by atomic mass is 10.3. The summed E-state index contributed by atoms with van der Waals surface area (Å²) < 4.78 is 16.4. The number of nitrogens with zero attached hydrogens (tertiary/aromatic N) is 2. The normalized spacial score (nSPS) is 12.0. The minimum absolute atomic E-state index is 0.179. The molecular weight excluding hydrogens is 354 g/mol. The maximum absolute atomic E-state index is 12.5. The molecule has 1 amide bonds. The third-order valence-electron chi connectivity index (χ3n) is 3.59. The molecule has 26 heavy (non-hydrogen) atoms. The number of rotatable bonds is 7. The number of benzene rings is 1. The quantitative estimate of drug-likeness (QED) is 0.622. The standard InChI is InChI=1S/C18H19N3O4S/c1-4-23-15-8-6-5-7-14(15)19-16(22)12(3)26-18-21-20-17(25-18)13-9-10-24-11(13)2/h5-10,12H,4H2,1-3H3,(H,19,22). The van der Waals surface area contributed by atoms with Crippen molar-refractivity contribution in [2.45, 2.75) is 31.2 Å². The van der Waals surface area contributed by atoms with Crippen molar-refractivity contribution in [1.29, 1.82) is 0 Å². The third kappa shape index (κ3) is 4.08. The van der Waals surface area contributed by atoms with E-state index >= 15 is 0 Å². The maximum atomic E-state index is 12.5. The number of nitrogens with one attached hydrogen (secondary N) is 1. The van der Waals surface area contributed by atoms with Gasteiger partial charge in [0.2, 0.25) is 5.91 Å². The number of aryl methyl sites for hydroxylation is 1. The summed E-state index contributed by atoms with van der Waals surface area (Å²) >= 11 is 1.19. The number of amides is 1. The summed E-state index contributed by atoms with van der Waals surface area (Å²) in [5, 5.41) is 10.8. The molecule has 7 nitrogen and oxygen atoms in total. The van der Waals surface area contributed by atoms with Gasteiger partial charge in [-0.2, -0.15) is 0 Å². The predicted molar refractivity (Wildman–Crippen MR) is 98.3 cm³/mol. The number of carbonyl (C=O) groups is 1. The summed E-state index contributed by atoms with van der Waals surface area (Å²) in [6.07, 6.45) is 1.56. The predicted octanol–water partition coefficient (Wildman–Crippen LogP) is 4.16. The maximum Gasteiger partial charge on any atom is 0.277 e. The molecule has 1 N–H and O–H groups in total. The van der Waals surface area contributed by atoms with Crippen LogP contribution in [0.5, 0.6) is 5.75 Å². The lowest BCUT2D eigenvalue weighted by Crippen LogP contribution is -2.22. The van der Waals surface area contributed by atoms with Crippen LogP contribution in [0.4, 0.5) is 5.69 Å². The van der Waals surface area contributed by atoms with Crippen molar-refractivity contribution in [1.82, 2.24) is 10.2 Å². The number of ether oxygens (including phenoxy) is 1. The van der Waals surface area contributed by atoms with Gasteiger partial charge >= 0.3 is 0 Å². The highest BCUT2D eigenvalue weighted by Gasteiger charge is 2.20. The lowest BCUT2D eigenvalue weighted by molar-refractivity contribution is -0.115. The van der Waals surface area contributed by atoms with Gasteiger partial charge in [-0.15, -0.1) is 10.2 Å². The molecule has 0 aliphatic carbocycles. The van der Waals surface area contributed by atoms with Gasteiger partial charge in [-0.05, 0) is 39.0 Å². The van der Waals surface area contributed by atoms with Crippen LogP contribution in [0.3, 0.4) is 0 Å².